The number of methoxy groups -OCH3 is 1. The second-order valence-corrected chi connectivity index (χ2v) is 5.46. The van der Waals surface area contributed by atoms with Crippen molar-refractivity contribution in [1.29, 1.82) is 5.26 Å². The van der Waals surface area contributed by atoms with Gasteiger partial charge in [-0.3, -0.25) is 5.32 Å². The molecule has 0 amide bonds. The molecule has 1 fully saturated rings. The standard InChI is InChI=1S/C14H27N3O/c1-5-16-14(11-15)8-6-7-13(9-14)17(3)10-12(2)18-4/h12-13,16H,5-10H2,1-4H3. The van der Waals surface area contributed by atoms with Crippen LogP contribution in [0.3, 0.4) is 0 Å². The van der Waals surface area contributed by atoms with Gasteiger partial charge in [0.2, 0.25) is 0 Å². The second-order valence-electron chi connectivity index (χ2n) is 5.46. The minimum Gasteiger partial charge on any atom is -0.380 e. The van der Waals surface area contributed by atoms with Gasteiger partial charge in [-0.1, -0.05) is 6.92 Å². The maximum absolute atomic E-state index is 9.44. The Labute approximate surface area is 111 Å². The molecule has 4 heteroatoms. The van der Waals surface area contributed by atoms with Gasteiger partial charge in [0, 0.05) is 19.7 Å². The molecule has 18 heavy (non-hydrogen) atoms. The van der Waals surface area contributed by atoms with Gasteiger partial charge in [0.1, 0.15) is 5.54 Å². The minimum atomic E-state index is -0.317. The molecule has 0 heterocycles. The third kappa shape index (κ3) is 3.94. The van der Waals surface area contributed by atoms with Gasteiger partial charge in [0.25, 0.3) is 0 Å². The van der Waals surface area contributed by atoms with Gasteiger partial charge < -0.3 is 9.64 Å². The minimum absolute atomic E-state index is 0.243. The molecular formula is C14H27N3O. The Kier molecular flexibility index (Phi) is 6.07. The van der Waals surface area contributed by atoms with Crippen LogP contribution >= 0.6 is 0 Å². The zero-order valence-electron chi connectivity index (χ0n) is 12.2. The Hall–Kier alpha value is -0.630. The second kappa shape index (κ2) is 7.08. The third-order valence-electron chi connectivity index (χ3n) is 4.02. The molecule has 1 saturated carbocycles. The van der Waals surface area contributed by atoms with E-state index in [2.05, 4.69) is 37.2 Å². The monoisotopic (exact) mass is 253 g/mol. The van der Waals surface area contributed by atoms with Crippen LogP contribution in [0.2, 0.25) is 0 Å². The maximum atomic E-state index is 9.44. The average Bonchev–Trinajstić information content (AvgIpc) is 2.39. The van der Waals surface area contributed by atoms with Gasteiger partial charge in [0.15, 0.2) is 0 Å². The van der Waals surface area contributed by atoms with Crippen LogP contribution in [0.15, 0.2) is 0 Å². The molecule has 0 radical (unpaired) electrons. The van der Waals surface area contributed by atoms with E-state index in [1.165, 1.54) is 6.42 Å². The van der Waals surface area contributed by atoms with Gasteiger partial charge in [-0.15, -0.1) is 0 Å². The SMILES string of the molecule is CCNC1(C#N)CCCC(N(C)CC(C)OC)C1. The summed E-state index contributed by atoms with van der Waals surface area (Å²) in [6.07, 6.45) is 4.44. The number of hydrogen-bond acceptors (Lipinski definition) is 4. The summed E-state index contributed by atoms with van der Waals surface area (Å²) < 4.78 is 5.32. The molecule has 0 aliphatic heterocycles. The number of likely N-dealkylation sites (N-methyl/N-ethyl adjacent to an activating group) is 1. The van der Waals surface area contributed by atoms with Crippen molar-refractivity contribution in [2.24, 2.45) is 0 Å². The molecular weight excluding hydrogens is 226 g/mol. The summed E-state index contributed by atoms with van der Waals surface area (Å²) in [5.74, 6) is 0. The Bertz CT molecular complexity index is 285. The van der Waals surface area contributed by atoms with Crippen molar-refractivity contribution >= 4 is 0 Å². The molecule has 0 spiro atoms. The van der Waals surface area contributed by atoms with Gasteiger partial charge >= 0.3 is 0 Å². The summed E-state index contributed by atoms with van der Waals surface area (Å²) in [5.41, 5.74) is -0.317. The first kappa shape index (κ1) is 15.4. The van der Waals surface area contributed by atoms with Crippen LogP contribution in [-0.2, 0) is 4.74 Å². The quantitative estimate of drug-likeness (QED) is 0.783. The molecule has 1 aliphatic rings. The highest BCUT2D eigenvalue weighted by atomic mass is 16.5. The molecule has 1 N–H and O–H groups in total. The first-order valence-corrected chi connectivity index (χ1v) is 6.96. The highest BCUT2D eigenvalue weighted by Crippen LogP contribution is 2.30. The fraction of sp³-hybridized carbons (Fsp3) is 0.929. The highest BCUT2D eigenvalue weighted by Gasteiger charge is 2.37. The molecule has 0 aromatic rings. The molecule has 4 nitrogen and oxygen atoms in total. The first-order valence-electron chi connectivity index (χ1n) is 6.96. The van der Waals surface area contributed by atoms with E-state index < -0.39 is 0 Å². The van der Waals surface area contributed by atoms with Crippen LogP contribution in [0.25, 0.3) is 0 Å². The third-order valence-corrected chi connectivity index (χ3v) is 4.02. The lowest BCUT2D eigenvalue weighted by atomic mass is 9.79. The van der Waals surface area contributed by atoms with Crippen molar-refractivity contribution in [2.75, 3.05) is 27.2 Å². The normalized spacial score (nSPS) is 30.1. The van der Waals surface area contributed by atoms with Crippen LogP contribution in [0.1, 0.15) is 39.5 Å². The molecule has 3 atom stereocenters. The van der Waals surface area contributed by atoms with Crippen molar-refractivity contribution in [3.05, 3.63) is 0 Å². The van der Waals surface area contributed by atoms with Crippen LogP contribution < -0.4 is 5.32 Å². The van der Waals surface area contributed by atoms with Crippen molar-refractivity contribution in [1.82, 2.24) is 10.2 Å². The summed E-state index contributed by atoms with van der Waals surface area (Å²) in [6, 6.07) is 2.98. The zero-order chi connectivity index (χ0) is 13.6. The number of nitrogens with zero attached hydrogens (tertiary/aromatic N) is 2. The zero-order valence-corrected chi connectivity index (χ0v) is 12.2. The molecule has 0 saturated heterocycles. The Balaban J connectivity index is 2.60. The summed E-state index contributed by atoms with van der Waals surface area (Å²) in [6.45, 7) is 5.94. The fourth-order valence-electron chi connectivity index (χ4n) is 2.89. The number of ether oxygens (including phenoxy) is 1. The van der Waals surface area contributed by atoms with E-state index >= 15 is 0 Å². The van der Waals surface area contributed by atoms with E-state index in [1.807, 2.05) is 0 Å². The van der Waals surface area contributed by atoms with Crippen molar-refractivity contribution in [2.45, 2.75) is 57.2 Å². The summed E-state index contributed by atoms with van der Waals surface area (Å²) in [5, 5.41) is 12.8. The molecule has 0 bridgehead atoms. The largest absolute Gasteiger partial charge is 0.380 e. The van der Waals surface area contributed by atoms with Crippen molar-refractivity contribution in [3.63, 3.8) is 0 Å². The molecule has 0 aromatic carbocycles. The summed E-state index contributed by atoms with van der Waals surface area (Å²) in [7, 11) is 3.89. The van der Waals surface area contributed by atoms with Gasteiger partial charge in [-0.2, -0.15) is 5.26 Å². The van der Waals surface area contributed by atoms with Gasteiger partial charge in [0.05, 0.1) is 12.2 Å². The molecule has 104 valence electrons. The fourth-order valence-corrected chi connectivity index (χ4v) is 2.89. The molecule has 1 aliphatic carbocycles. The Morgan fingerprint density at radius 1 is 1.61 bits per heavy atom. The van der Waals surface area contributed by atoms with Crippen LogP contribution in [0.4, 0.5) is 0 Å². The number of nitrogens with one attached hydrogen (secondary N) is 1. The van der Waals surface area contributed by atoms with E-state index in [-0.39, 0.29) is 11.6 Å². The lowest BCUT2D eigenvalue weighted by Gasteiger charge is -2.40. The summed E-state index contributed by atoms with van der Waals surface area (Å²) >= 11 is 0. The van der Waals surface area contributed by atoms with Gasteiger partial charge in [-0.25, -0.2) is 0 Å². The van der Waals surface area contributed by atoms with Crippen LogP contribution in [0.5, 0.6) is 0 Å². The molecule has 3 unspecified atom stereocenters. The number of hydrogen-bond donors (Lipinski definition) is 1. The number of nitriles is 1. The van der Waals surface area contributed by atoms with E-state index in [4.69, 9.17) is 4.74 Å². The Morgan fingerprint density at radius 3 is 2.89 bits per heavy atom. The predicted molar refractivity (Wildman–Crippen MR) is 73.4 cm³/mol. The lowest BCUT2D eigenvalue weighted by Crippen LogP contribution is -2.52. The molecule has 1 rings (SSSR count). The van der Waals surface area contributed by atoms with Crippen molar-refractivity contribution in [3.8, 4) is 6.07 Å². The van der Waals surface area contributed by atoms with E-state index in [0.29, 0.717) is 6.04 Å². The lowest BCUT2D eigenvalue weighted by molar-refractivity contribution is 0.0556. The molecule has 0 aromatic heterocycles. The maximum Gasteiger partial charge on any atom is 0.108 e. The average molecular weight is 253 g/mol. The van der Waals surface area contributed by atoms with Crippen molar-refractivity contribution < 1.29 is 4.74 Å². The number of rotatable bonds is 6. The topological polar surface area (TPSA) is 48.3 Å². The van der Waals surface area contributed by atoms with Crippen LogP contribution in [-0.4, -0.2) is 49.8 Å². The smallest absolute Gasteiger partial charge is 0.108 e. The van der Waals surface area contributed by atoms with Gasteiger partial charge in [-0.05, 0) is 46.2 Å². The van der Waals surface area contributed by atoms with E-state index in [1.54, 1.807) is 7.11 Å². The Morgan fingerprint density at radius 2 is 2.33 bits per heavy atom. The highest BCUT2D eigenvalue weighted by molar-refractivity contribution is 5.10. The van der Waals surface area contributed by atoms with E-state index in [9.17, 15) is 5.26 Å². The summed E-state index contributed by atoms with van der Waals surface area (Å²) in [4.78, 5) is 2.34. The first-order chi connectivity index (χ1) is 8.56. The van der Waals surface area contributed by atoms with E-state index in [0.717, 1.165) is 32.4 Å². The predicted octanol–water partition coefficient (Wildman–Crippen LogP) is 1.77. The van der Waals surface area contributed by atoms with Crippen LogP contribution in [0, 0.1) is 11.3 Å².